The molecule has 1 aliphatic heterocycles. The summed E-state index contributed by atoms with van der Waals surface area (Å²) in [6.45, 7) is 10.4. The highest BCUT2D eigenvalue weighted by atomic mass is 16.6. The summed E-state index contributed by atoms with van der Waals surface area (Å²) in [5.74, 6) is -1.83. The maximum absolute atomic E-state index is 12.1. The van der Waals surface area contributed by atoms with Gasteiger partial charge >= 0.3 is 11.9 Å². The molecule has 0 saturated carbocycles. The fourth-order valence-electron chi connectivity index (χ4n) is 2.22. The van der Waals surface area contributed by atoms with E-state index in [1.165, 1.54) is 17.1 Å². The third-order valence-corrected chi connectivity index (χ3v) is 3.09. The van der Waals surface area contributed by atoms with Gasteiger partial charge in [0.05, 0.1) is 13.1 Å². The Hall–Kier alpha value is -2.22. The smallest absolute Gasteiger partial charge is 0.320 e. The monoisotopic (exact) mass is 368 g/mol. The number of imide groups is 1. The molecular weight excluding hydrogens is 340 g/mol. The van der Waals surface area contributed by atoms with Crippen LogP contribution in [-0.4, -0.2) is 70.9 Å². The Morgan fingerprint density at radius 1 is 0.885 bits per heavy atom. The van der Waals surface area contributed by atoms with Gasteiger partial charge in [-0.1, -0.05) is 0 Å². The van der Waals surface area contributed by atoms with Gasteiger partial charge in [0, 0.05) is 25.2 Å². The van der Waals surface area contributed by atoms with Crippen LogP contribution in [0.25, 0.3) is 0 Å². The molecule has 8 heteroatoms. The first-order chi connectivity index (χ1) is 11.8. The van der Waals surface area contributed by atoms with Crippen LogP contribution in [0.2, 0.25) is 0 Å². The number of hydrogen-bond acceptors (Lipinski definition) is 7. The molecule has 0 aliphatic carbocycles. The van der Waals surface area contributed by atoms with Crippen molar-refractivity contribution < 1.29 is 28.7 Å². The molecule has 0 fully saturated rings. The van der Waals surface area contributed by atoms with Crippen LogP contribution in [0, 0.1) is 0 Å². The first kappa shape index (κ1) is 21.8. The zero-order chi connectivity index (χ0) is 20.1. The highest BCUT2D eigenvalue weighted by Gasteiger charge is 2.27. The maximum Gasteiger partial charge on any atom is 0.320 e. The Bertz CT molecular complexity index is 550. The van der Waals surface area contributed by atoms with Crippen molar-refractivity contribution in [2.45, 2.75) is 52.7 Å². The quantitative estimate of drug-likeness (QED) is 0.487. The van der Waals surface area contributed by atoms with Crippen LogP contribution in [0.15, 0.2) is 12.2 Å². The number of ether oxygens (including phenoxy) is 2. The second kappa shape index (κ2) is 8.44. The predicted octanol–water partition coefficient (Wildman–Crippen LogP) is 0.897. The number of carbonyl (C=O) groups is 4. The summed E-state index contributed by atoms with van der Waals surface area (Å²) in [5, 5.41) is 0. The topological polar surface area (TPSA) is 93.2 Å². The molecule has 0 bridgehead atoms. The molecule has 0 unspecified atom stereocenters. The standard InChI is InChI=1S/C18H28N2O6/c1-17(2,3)25-15(23)11-19(12-16(24)26-18(4,5)6)9-10-20-13(21)7-8-14(20)22/h7-8H,9-12H2,1-6H3. The Balaban J connectivity index is 2.71. The number of hydrogen-bond donors (Lipinski definition) is 0. The van der Waals surface area contributed by atoms with E-state index in [0.29, 0.717) is 0 Å². The average molecular weight is 368 g/mol. The van der Waals surface area contributed by atoms with Gasteiger partial charge in [-0.2, -0.15) is 0 Å². The van der Waals surface area contributed by atoms with Crippen LogP contribution in [0.4, 0.5) is 0 Å². The molecule has 146 valence electrons. The fraction of sp³-hybridized carbons (Fsp3) is 0.667. The molecule has 2 amide bonds. The number of amides is 2. The minimum Gasteiger partial charge on any atom is -0.459 e. The SMILES string of the molecule is CC(C)(C)OC(=O)CN(CCN1C(=O)C=CC1=O)CC(=O)OC(C)(C)C. The summed E-state index contributed by atoms with van der Waals surface area (Å²) >= 11 is 0. The van der Waals surface area contributed by atoms with E-state index >= 15 is 0 Å². The molecule has 1 rings (SSSR count). The van der Waals surface area contributed by atoms with Gasteiger partial charge in [-0.05, 0) is 41.5 Å². The number of esters is 2. The Morgan fingerprint density at radius 3 is 1.62 bits per heavy atom. The molecule has 0 aromatic carbocycles. The lowest BCUT2D eigenvalue weighted by molar-refractivity contribution is -0.159. The first-order valence-corrected chi connectivity index (χ1v) is 8.46. The van der Waals surface area contributed by atoms with Gasteiger partial charge in [-0.25, -0.2) is 0 Å². The molecule has 0 N–H and O–H groups in total. The normalized spacial score (nSPS) is 15.0. The molecule has 0 aromatic rings. The van der Waals surface area contributed by atoms with Crippen LogP contribution in [-0.2, 0) is 28.7 Å². The molecule has 0 spiro atoms. The second-order valence-electron chi connectivity index (χ2n) is 8.04. The largest absolute Gasteiger partial charge is 0.459 e. The number of nitrogens with zero attached hydrogens (tertiary/aromatic N) is 2. The Kier molecular flexibility index (Phi) is 7.08. The van der Waals surface area contributed by atoms with E-state index in [4.69, 9.17) is 9.47 Å². The van der Waals surface area contributed by atoms with Crippen LogP contribution in [0.1, 0.15) is 41.5 Å². The lowest BCUT2D eigenvalue weighted by Gasteiger charge is -2.27. The molecule has 26 heavy (non-hydrogen) atoms. The second-order valence-corrected chi connectivity index (χ2v) is 8.04. The average Bonchev–Trinajstić information content (AvgIpc) is 2.71. The lowest BCUT2D eigenvalue weighted by Crippen LogP contribution is -2.44. The van der Waals surface area contributed by atoms with E-state index in [-0.39, 0.29) is 26.2 Å². The van der Waals surface area contributed by atoms with E-state index in [2.05, 4.69) is 0 Å². The lowest BCUT2D eigenvalue weighted by atomic mass is 10.2. The van der Waals surface area contributed by atoms with E-state index < -0.39 is 35.0 Å². The van der Waals surface area contributed by atoms with Crippen molar-refractivity contribution in [1.82, 2.24) is 9.80 Å². The molecule has 0 radical (unpaired) electrons. The number of carbonyl (C=O) groups excluding carboxylic acids is 4. The van der Waals surface area contributed by atoms with Crippen molar-refractivity contribution in [2.24, 2.45) is 0 Å². The summed E-state index contributed by atoms with van der Waals surface area (Å²) in [6.07, 6.45) is 2.38. The van der Waals surface area contributed by atoms with Crippen LogP contribution >= 0.6 is 0 Å². The summed E-state index contributed by atoms with van der Waals surface area (Å²) in [6, 6.07) is 0. The van der Waals surface area contributed by atoms with Crippen molar-refractivity contribution in [1.29, 1.82) is 0 Å². The Labute approximate surface area is 154 Å². The first-order valence-electron chi connectivity index (χ1n) is 8.46. The van der Waals surface area contributed by atoms with Gasteiger partial charge in [0.25, 0.3) is 11.8 Å². The van der Waals surface area contributed by atoms with Gasteiger partial charge in [-0.15, -0.1) is 0 Å². The van der Waals surface area contributed by atoms with Gasteiger partial charge < -0.3 is 9.47 Å². The molecule has 1 heterocycles. The van der Waals surface area contributed by atoms with Crippen LogP contribution in [0.3, 0.4) is 0 Å². The number of rotatable bonds is 7. The van der Waals surface area contributed by atoms with Gasteiger partial charge in [0.15, 0.2) is 0 Å². The van der Waals surface area contributed by atoms with E-state index in [1.54, 1.807) is 41.5 Å². The van der Waals surface area contributed by atoms with Crippen LogP contribution in [0.5, 0.6) is 0 Å². The van der Waals surface area contributed by atoms with Crippen molar-refractivity contribution in [2.75, 3.05) is 26.2 Å². The van der Waals surface area contributed by atoms with Gasteiger partial charge in [0.2, 0.25) is 0 Å². The predicted molar refractivity (Wildman–Crippen MR) is 94.0 cm³/mol. The highest BCUT2D eigenvalue weighted by molar-refractivity contribution is 6.12. The molecule has 1 aliphatic rings. The maximum atomic E-state index is 12.1. The molecule has 0 saturated heterocycles. The molecule has 0 atom stereocenters. The van der Waals surface area contributed by atoms with Gasteiger partial charge in [0.1, 0.15) is 11.2 Å². The minimum absolute atomic E-state index is 0.0657. The van der Waals surface area contributed by atoms with E-state index in [9.17, 15) is 19.2 Å². The summed E-state index contributed by atoms with van der Waals surface area (Å²) in [4.78, 5) is 50.0. The van der Waals surface area contributed by atoms with E-state index in [0.717, 1.165) is 4.90 Å². The summed E-state index contributed by atoms with van der Waals surface area (Å²) in [7, 11) is 0. The van der Waals surface area contributed by atoms with Crippen molar-refractivity contribution in [3.63, 3.8) is 0 Å². The van der Waals surface area contributed by atoms with Gasteiger partial charge in [-0.3, -0.25) is 29.0 Å². The molecule has 0 aromatic heterocycles. The minimum atomic E-state index is -0.653. The summed E-state index contributed by atoms with van der Waals surface area (Å²) in [5.41, 5.74) is -1.31. The van der Waals surface area contributed by atoms with Crippen molar-refractivity contribution in [3.05, 3.63) is 12.2 Å². The third kappa shape index (κ3) is 8.24. The summed E-state index contributed by atoms with van der Waals surface area (Å²) < 4.78 is 10.5. The van der Waals surface area contributed by atoms with E-state index in [1.807, 2.05) is 0 Å². The van der Waals surface area contributed by atoms with Crippen molar-refractivity contribution in [3.8, 4) is 0 Å². The Morgan fingerprint density at radius 2 is 1.27 bits per heavy atom. The molecular formula is C18H28N2O6. The van der Waals surface area contributed by atoms with Crippen LogP contribution < -0.4 is 0 Å². The highest BCUT2D eigenvalue weighted by Crippen LogP contribution is 2.10. The fourth-order valence-corrected chi connectivity index (χ4v) is 2.22. The van der Waals surface area contributed by atoms with Crippen molar-refractivity contribution >= 4 is 23.8 Å². The third-order valence-electron chi connectivity index (χ3n) is 3.09. The molecule has 8 nitrogen and oxygen atoms in total. The zero-order valence-corrected chi connectivity index (χ0v) is 16.3. The zero-order valence-electron chi connectivity index (χ0n) is 16.3.